The van der Waals surface area contributed by atoms with Gasteiger partial charge in [0.1, 0.15) is 11.5 Å². The molecule has 0 bridgehead atoms. The summed E-state index contributed by atoms with van der Waals surface area (Å²) in [6, 6.07) is 5.37. The van der Waals surface area contributed by atoms with Crippen molar-refractivity contribution in [3.8, 4) is 11.5 Å². The first-order valence-electron chi connectivity index (χ1n) is 5.92. The third-order valence-corrected chi connectivity index (χ3v) is 3.23. The van der Waals surface area contributed by atoms with Gasteiger partial charge in [0, 0.05) is 12.6 Å². The fraction of sp³-hybridized carbons (Fsp3) is 0.462. The number of ether oxygens (including phenoxy) is 2. The first-order chi connectivity index (χ1) is 8.71. The molecule has 1 N–H and O–H groups in total. The second-order valence-corrected chi connectivity index (χ2v) is 4.16. The third kappa shape index (κ3) is 2.13. The van der Waals surface area contributed by atoms with E-state index in [2.05, 4.69) is 5.32 Å². The number of nitrogens with zero attached hydrogens (tertiary/aromatic N) is 1. The number of benzene rings is 1. The highest BCUT2D eigenvalue weighted by atomic mass is 16.5. The van der Waals surface area contributed by atoms with E-state index < -0.39 is 0 Å². The van der Waals surface area contributed by atoms with Crippen LogP contribution in [0.4, 0.5) is 5.69 Å². The van der Waals surface area contributed by atoms with Gasteiger partial charge in [-0.25, -0.2) is 0 Å². The Bertz CT molecular complexity index is 448. The molecule has 5 heteroatoms. The molecule has 5 nitrogen and oxygen atoms in total. The number of rotatable bonds is 4. The molecule has 1 fully saturated rings. The van der Waals surface area contributed by atoms with Crippen molar-refractivity contribution >= 4 is 11.6 Å². The van der Waals surface area contributed by atoms with Crippen molar-refractivity contribution in [1.29, 1.82) is 0 Å². The number of nitrogens with one attached hydrogen (secondary N) is 1. The lowest BCUT2D eigenvalue weighted by atomic mass is 10.2. The SMILES string of the molecule is CNC1CCN(c2ccc(OC)cc2OC)C1=O. The summed E-state index contributed by atoms with van der Waals surface area (Å²) in [5.74, 6) is 1.45. The topological polar surface area (TPSA) is 50.8 Å². The normalized spacial score (nSPS) is 19.2. The van der Waals surface area contributed by atoms with Crippen LogP contribution >= 0.6 is 0 Å². The Morgan fingerprint density at radius 2 is 2.11 bits per heavy atom. The van der Waals surface area contributed by atoms with Crippen molar-refractivity contribution in [2.75, 3.05) is 32.7 Å². The van der Waals surface area contributed by atoms with Crippen LogP contribution < -0.4 is 19.7 Å². The maximum absolute atomic E-state index is 12.1. The number of carbonyl (C=O) groups is 1. The maximum Gasteiger partial charge on any atom is 0.244 e. The van der Waals surface area contributed by atoms with Crippen LogP contribution in [0, 0.1) is 0 Å². The summed E-state index contributed by atoms with van der Waals surface area (Å²) in [5.41, 5.74) is 0.793. The summed E-state index contributed by atoms with van der Waals surface area (Å²) >= 11 is 0. The Morgan fingerprint density at radius 1 is 1.33 bits per heavy atom. The third-order valence-electron chi connectivity index (χ3n) is 3.23. The molecule has 1 heterocycles. The summed E-state index contributed by atoms with van der Waals surface area (Å²) in [5, 5.41) is 3.02. The number of amides is 1. The van der Waals surface area contributed by atoms with Crippen molar-refractivity contribution in [2.24, 2.45) is 0 Å². The largest absolute Gasteiger partial charge is 0.497 e. The van der Waals surface area contributed by atoms with E-state index in [1.54, 1.807) is 32.2 Å². The van der Waals surface area contributed by atoms with Gasteiger partial charge < -0.3 is 19.7 Å². The molecular formula is C13H18N2O3. The number of hydrogen-bond donors (Lipinski definition) is 1. The van der Waals surface area contributed by atoms with Crippen molar-refractivity contribution in [1.82, 2.24) is 5.32 Å². The monoisotopic (exact) mass is 250 g/mol. The average Bonchev–Trinajstić information content (AvgIpc) is 2.78. The standard InChI is InChI=1S/C13H18N2O3/c1-14-10-6-7-15(13(10)16)11-5-4-9(17-2)8-12(11)18-3/h4-5,8,10,14H,6-7H2,1-3H3. The number of anilines is 1. The minimum atomic E-state index is -0.100. The van der Waals surface area contributed by atoms with Gasteiger partial charge in [0.05, 0.1) is 25.9 Å². The number of hydrogen-bond acceptors (Lipinski definition) is 4. The van der Waals surface area contributed by atoms with E-state index in [1.165, 1.54) is 0 Å². The lowest BCUT2D eigenvalue weighted by Crippen LogP contribution is -2.36. The quantitative estimate of drug-likeness (QED) is 0.867. The lowest BCUT2D eigenvalue weighted by molar-refractivity contribution is -0.118. The molecule has 0 spiro atoms. The molecule has 1 aromatic carbocycles. The van der Waals surface area contributed by atoms with Crippen LogP contribution in [0.2, 0.25) is 0 Å². The van der Waals surface area contributed by atoms with Crippen molar-refractivity contribution < 1.29 is 14.3 Å². The molecule has 1 aliphatic heterocycles. The molecule has 0 saturated carbocycles. The summed E-state index contributed by atoms with van der Waals surface area (Å²) in [4.78, 5) is 13.9. The zero-order chi connectivity index (χ0) is 13.1. The molecule has 2 rings (SSSR count). The highest BCUT2D eigenvalue weighted by Crippen LogP contribution is 2.34. The molecule has 0 radical (unpaired) electrons. The highest BCUT2D eigenvalue weighted by Gasteiger charge is 2.32. The van der Waals surface area contributed by atoms with Gasteiger partial charge in [0.25, 0.3) is 0 Å². The fourth-order valence-corrected chi connectivity index (χ4v) is 2.19. The molecule has 98 valence electrons. The van der Waals surface area contributed by atoms with E-state index in [4.69, 9.17) is 9.47 Å². The highest BCUT2D eigenvalue weighted by molar-refractivity contribution is 6.00. The Morgan fingerprint density at radius 3 is 2.67 bits per heavy atom. The predicted molar refractivity (Wildman–Crippen MR) is 69.4 cm³/mol. The average molecular weight is 250 g/mol. The Kier molecular flexibility index (Phi) is 3.72. The molecule has 1 unspecified atom stereocenters. The molecule has 1 amide bonds. The number of likely N-dealkylation sites (N-methyl/N-ethyl adjacent to an activating group) is 1. The van der Waals surface area contributed by atoms with Crippen molar-refractivity contribution in [2.45, 2.75) is 12.5 Å². The van der Waals surface area contributed by atoms with Crippen molar-refractivity contribution in [3.63, 3.8) is 0 Å². The van der Waals surface area contributed by atoms with Crippen LogP contribution in [0.15, 0.2) is 18.2 Å². The second kappa shape index (κ2) is 5.27. The zero-order valence-corrected chi connectivity index (χ0v) is 10.9. The first kappa shape index (κ1) is 12.7. The van der Waals surface area contributed by atoms with Gasteiger partial charge in [0.2, 0.25) is 5.91 Å². The Hall–Kier alpha value is -1.75. The van der Waals surface area contributed by atoms with Crippen LogP contribution in [0.1, 0.15) is 6.42 Å². The smallest absolute Gasteiger partial charge is 0.244 e. The van der Waals surface area contributed by atoms with Gasteiger partial charge in [-0.1, -0.05) is 0 Å². The van der Waals surface area contributed by atoms with E-state index in [0.717, 1.165) is 12.1 Å². The molecule has 1 aliphatic rings. The van der Waals surface area contributed by atoms with Crippen LogP contribution in [0.5, 0.6) is 11.5 Å². The molecule has 18 heavy (non-hydrogen) atoms. The zero-order valence-electron chi connectivity index (χ0n) is 10.9. The summed E-state index contributed by atoms with van der Waals surface area (Å²) in [6.45, 7) is 0.701. The maximum atomic E-state index is 12.1. The molecule has 1 saturated heterocycles. The van der Waals surface area contributed by atoms with Gasteiger partial charge in [-0.05, 0) is 25.6 Å². The Balaban J connectivity index is 2.31. The molecule has 1 atom stereocenters. The molecule has 1 aromatic rings. The summed E-state index contributed by atoms with van der Waals surface area (Å²) in [7, 11) is 5.00. The van der Waals surface area contributed by atoms with Gasteiger partial charge in [-0.2, -0.15) is 0 Å². The molecule has 0 aromatic heterocycles. The lowest BCUT2D eigenvalue weighted by Gasteiger charge is -2.20. The van der Waals surface area contributed by atoms with E-state index in [0.29, 0.717) is 18.0 Å². The fourth-order valence-electron chi connectivity index (χ4n) is 2.19. The predicted octanol–water partition coefficient (Wildman–Crippen LogP) is 1.03. The minimum absolute atomic E-state index is 0.0842. The molecule has 0 aliphatic carbocycles. The first-order valence-corrected chi connectivity index (χ1v) is 5.92. The van der Waals surface area contributed by atoms with E-state index >= 15 is 0 Å². The minimum Gasteiger partial charge on any atom is -0.497 e. The van der Waals surface area contributed by atoms with E-state index in [1.807, 2.05) is 12.1 Å². The number of methoxy groups -OCH3 is 2. The van der Waals surface area contributed by atoms with Crippen LogP contribution in [0.25, 0.3) is 0 Å². The van der Waals surface area contributed by atoms with E-state index in [-0.39, 0.29) is 11.9 Å². The van der Waals surface area contributed by atoms with E-state index in [9.17, 15) is 4.79 Å². The van der Waals surface area contributed by atoms with Crippen LogP contribution in [-0.2, 0) is 4.79 Å². The van der Waals surface area contributed by atoms with Gasteiger partial charge >= 0.3 is 0 Å². The van der Waals surface area contributed by atoms with Crippen LogP contribution in [0.3, 0.4) is 0 Å². The summed E-state index contributed by atoms with van der Waals surface area (Å²) in [6.07, 6.45) is 0.810. The molecular weight excluding hydrogens is 232 g/mol. The van der Waals surface area contributed by atoms with Crippen LogP contribution in [-0.4, -0.2) is 39.8 Å². The van der Waals surface area contributed by atoms with Gasteiger partial charge in [-0.15, -0.1) is 0 Å². The second-order valence-electron chi connectivity index (χ2n) is 4.16. The van der Waals surface area contributed by atoms with Gasteiger partial charge in [0.15, 0.2) is 0 Å². The number of carbonyl (C=O) groups excluding carboxylic acids is 1. The van der Waals surface area contributed by atoms with Gasteiger partial charge in [-0.3, -0.25) is 4.79 Å². The summed E-state index contributed by atoms with van der Waals surface area (Å²) < 4.78 is 10.5. The van der Waals surface area contributed by atoms with Crippen molar-refractivity contribution in [3.05, 3.63) is 18.2 Å². The Labute approximate surface area is 107 Å².